The fraction of sp³-hybridized carbons (Fsp3) is 0.414. The summed E-state index contributed by atoms with van der Waals surface area (Å²) in [6, 6.07) is 10.9. The molecule has 0 unspecified atom stereocenters. The van der Waals surface area contributed by atoms with Gasteiger partial charge < -0.3 is 19.7 Å². The van der Waals surface area contributed by atoms with Crippen molar-refractivity contribution in [3.63, 3.8) is 0 Å². The zero-order chi connectivity index (χ0) is 29.0. The lowest BCUT2D eigenvalue weighted by Gasteiger charge is -2.43. The first-order chi connectivity index (χ1) is 19.2. The van der Waals surface area contributed by atoms with Crippen molar-refractivity contribution in [1.82, 2.24) is 20.0 Å². The van der Waals surface area contributed by atoms with Crippen LogP contribution >= 0.6 is 23.2 Å². The Balaban J connectivity index is 1.63. The van der Waals surface area contributed by atoms with Gasteiger partial charge in [0.25, 0.3) is 5.91 Å². The molecule has 1 saturated heterocycles. The molecule has 4 rings (SSSR count). The number of amides is 3. The minimum atomic E-state index is -0.828. The summed E-state index contributed by atoms with van der Waals surface area (Å²) in [4.78, 5) is 45.4. The Morgan fingerprint density at radius 3 is 2.42 bits per heavy atom. The molecule has 2 atom stereocenters. The smallest absolute Gasteiger partial charge is 0.338 e. The number of carbonyl (C=O) groups excluding carboxylic acids is 3. The number of esters is 1. The number of methoxy groups -OCH3 is 1. The minimum absolute atomic E-state index is 0.0517. The molecule has 2 aromatic carbocycles. The van der Waals surface area contributed by atoms with Crippen molar-refractivity contribution in [2.24, 2.45) is 0 Å². The molecule has 9 nitrogen and oxygen atoms in total. The third kappa shape index (κ3) is 6.06. The van der Waals surface area contributed by atoms with Crippen LogP contribution in [0.2, 0.25) is 10.0 Å². The number of urea groups is 1. The molecule has 214 valence electrons. The summed E-state index contributed by atoms with van der Waals surface area (Å²) >= 11 is 12.8. The van der Waals surface area contributed by atoms with Crippen molar-refractivity contribution in [2.75, 3.05) is 46.4 Å². The molecular formula is C29H34Cl2N4O5. The second kappa shape index (κ2) is 12.9. The van der Waals surface area contributed by atoms with Crippen LogP contribution in [0.3, 0.4) is 0 Å². The largest absolute Gasteiger partial charge is 0.497 e. The summed E-state index contributed by atoms with van der Waals surface area (Å²) in [5.41, 5.74) is 1.97. The third-order valence-corrected chi connectivity index (χ3v) is 8.06. The topological polar surface area (TPSA) is 91.4 Å². The number of hydrogen-bond donors (Lipinski definition) is 1. The van der Waals surface area contributed by atoms with E-state index in [4.69, 9.17) is 32.7 Å². The molecule has 0 spiro atoms. The maximum atomic E-state index is 13.4. The van der Waals surface area contributed by atoms with Gasteiger partial charge in [0.15, 0.2) is 0 Å². The molecule has 3 amide bonds. The maximum absolute atomic E-state index is 13.4. The van der Waals surface area contributed by atoms with Crippen LogP contribution in [0.25, 0.3) is 0 Å². The van der Waals surface area contributed by atoms with Crippen LogP contribution in [-0.2, 0) is 9.53 Å². The zero-order valence-electron chi connectivity index (χ0n) is 23.1. The molecule has 1 fully saturated rings. The third-order valence-electron chi connectivity index (χ3n) is 7.23. The monoisotopic (exact) mass is 588 g/mol. The summed E-state index contributed by atoms with van der Waals surface area (Å²) in [7, 11) is 1.59. The summed E-state index contributed by atoms with van der Waals surface area (Å²) < 4.78 is 10.7. The Morgan fingerprint density at radius 2 is 1.80 bits per heavy atom. The number of benzene rings is 2. The molecule has 2 aliphatic heterocycles. The predicted octanol–water partition coefficient (Wildman–Crippen LogP) is 4.75. The van der Waals surface area contributed by atoms with Gasteiger partial charge in [0.1, 0.15) is 5.75 Å². The average Bonchev–Trinajstić information content (AvgIpc) is 2.94. The van der Waals surface area contributed by atoms with Crippen molar-refractivity contribution >= 4 is 41.1 Å². The van der Waals surface area contributed by atoms with Crippen LogP contribution in [0.1, 0.15) is 42.7 Å². The van der Waals surface area contributed by atoms with Gasteiger partial charge in [-0.3, -0.25) is 14.6 Å². The van der Waals surface area contributed by atoms with Crippen LogP contribution in [0.15, 0.2) is 53.7 Å². The maximum Gasteiger partial charge on any atom is 0.338 e. The Morgan fingerprint density at radius 1 is 1.07 bits per heavy atom. The summed E-state index contributed by atoms with van der Waals surface area (Å²) in [5, 5.41) is 3.51. The average molecular weight is 590 g/mol. The number of carbonyl (C=O) groups is 3. The fourth-order valence-corrected chi connectivity index (χ4v) is 5.64. The van der Waals surface area contributed by atoms with E-state index in [1.807, 2.05) is 18.7 Å². The molecule has 1 N–H and O–H groups in total. The number of rotatable bonds is 8. The number of likely N-dealkylation sites (N-methyl/N-ethyl adjacent to an activating group) is 1. The first-order valence-corrected chi connectivity index (χ1v) is 14.0. The van der Waals surface area contributed by atoms with Crippen molar-refractivity contribution in [3.8, 4) is 5.75 Å². The van der Waals surface area contributed by atoms with Crippen LogP contribution in [0, 0.1) is 0 Å². The second-order valence-corrected chi connectivity index (χ2v) is 10.4. The van der Waals surface area contributed by atoms with Gasteiger partial charge in [-0.1, -0.05) is 35.3 Å². The Kier molecular flexibility index (Phi) is 9.60. The number of nitrogens with zero attached hydrogens (tertiary/aromatic N) is 3. The van der Waals surface area contributed by atoms with E-state index in [1.54, 1.807) is 61.4 Å². The lowest BCUT2D eigenvalue weighted by atomic mass is 9.93. The lowest BCUT2D eigenvalue weighted by molar-refractivity contribution is -0.139. The van der Waals surface area contributed by atoms with E-state index < -0.39 is 12.0 Å². The first kappa shape index (κ1) is 29.7. The second-order valence-electron chi connectivity index (χ2n) is 9.66. The highest BCUT2D eigenvalue weighted by molar-refractivity contribution is 6.42. The number of nitrogens with one attached hydrogen (secondary N) is 1. The summed E-state index contributed by atoms with van der Waals surface area (Å²) in [5.74, 6) is 0.108. The molecule has 11 heteroatoms. The Hall–Kier alpha value is -3.27. The Bertz CT molecular complexity index is 1300. The molecule has 0 aliphatic carbocycles. The van der Waals surface area contributed by atoms with Crippen molar-refractivity contribution in [1.29, 1.82) is 0 Å². The van der Waals surface area contributed by atoms with Gasteiger partial charge in [-0.25, -0.2) is 9.59 Å². The molecule has 2 aliphatic rings. The van der Waals surface area contributed by atoms with Crippen molar-refractivity contribution in [2.45, 2.75) is 32.9 Å². The van der Waals surface area contributed by atoms with Crippen molar-refractivity contribution in [3.05, 3.63) is 74.9 Å². The van der Waals surface area contributed by atoms with Crippen LogP contribution < -0.4 is 10.1 Å². The number of piperazine rings is 1. The van der Waals surface area contributed by atoms with E-state index in [9.17, 15) is 14.4 Å². The van der Waals surface area contributed by atoms with E-state index in [-0.39, 0.29) is 29.6 Å². The van der Waals surface area contributed by atoms with Gasteiger partial charge in [0.2, 0.25) is 0 Å². The minimum Gasteiger partial charge on any atom is -0.497 e. The highest BCUT2D eigenvalue weighted by atomic mass is 35.5. The van der Waals surface area contributed by atoms with Gasteiger partial charge in [0.05, 0.1) is 35.4 Å². The molecule has 0 saturated carbocycles. The molecule has 0 aromatic heterocycles. The summed E-state index contributed by atoms with van der Waals surface area (Å²) in [6.45, 7) is 8.04. The molecule has 2 heterocycles. The Labute approximate surface area is 244 Å². The van der Waals surface area contributed by atoms with Gasteiger partial charge in [-0.2, -0.15) is 0 Å². The van der Waals surface area contributed by atoms with Gasteiger partial charge in [-0.05, 0) is 56.7 Å². The predicted molar refractivity (Wildman–Crippen MR) is 154 cm³/mol. The van der Waals surface area contributed by atoms with Gasteiger partial charge >= 0.3 is 12.0 Å². The zero-order valence-corrected chi connectivity index (χ0v) is 24.6. The number of halogens is 2. The highest BCUT2D eigenvalue weighted by Gasteiger charge is 2.40. The number of hydrogen-bond acceptors (Lipinski definition) is 6. The van der Waals surface area contributed by atoms with Gasteiger partial charge in [0, 0.05) is 50.0 Å². The van der Waals surface area contributed by atoms with Crippen LogP contribution in [-0.4, -0.2) is 85.1 Å². The van der Waals surface area contributed by atoms with E-state index >= 15 is 0 Å². The SMILES string of the molecule is CCOC(=O)C1=C(CN2CCN(C(=O)c3ccc(OC)cc3)[C@H](C)C2)N(CC)C(=O)N[C@H]1c1cccc(Cl)c1Cl. The van der Waals surface area contributed by atoms with Crippen molar-refractivity contribution < 1.29 is 23.9 Å². The molecule has 40 heavy (non-hydrogen) atoms. The van der Waals surface area contributed by atoms with E-state index in [0.29, 0.717) is 65.9 Å². The van der Waals surface area contributed by atoms with Crippen LogP contribution in [0.5, 0.6) is 5.75 Å². The number of ether oxygens (including phenoxy) is 2. The highest BCUT2D eigenvalue weighted by Crippen LogP contribution is 2.38. The van der Waals surface area contributed by atoms with E-state index in [1.165, 1.54) is 0 Å². The first-order valence-electron chi connectivity index (χ1n) is 13.3. The van der Waals surface area contributed by atoms with Gasteiger partial charge in [-0.15, -0.1) is 0 Å². The van der Waals surface area contributed by atoms with E-state index in [2.05, 4.69) is 10.2 Å². The molecule has 0 radical (unpaired) electrons. The van der Waals surface area contributed by atoms with Crippen LogP contribution in [0.4, 0.5) is 4.79 Å². The standard InChI is InChI=1S/C29H34Cl2N4O5/c1-5-34-23(17-33-14-15-35(18(3)16-33)27(36)19-10-12-20(39-4)13-11-19)24(28(37)40-6-2)26(32-29(34)38)21-8-7-9-22(30)25(21)31/h7-13,18,26H,5-6,14-17H2,1-4H3,(H,32,38)/t18-,26+/m1/s1. The normalized spacial score (nSPS) is 19.9. The lowest BCUT2D eigenvalue weighted by Crippen LogP contribution is -2.56. The fourth-order valence-electron chi connectivity index (χ4n) is 5.22. The molecular weight excluding hydrogens is 555 g/mol. The molecule has 2 aromatic rings. The summed E-state index contributed by atoms with van der Waals surface area (Å²) in [6.07, 6.45) is 0. The van der Waals surface area contributed by atoms with E-state index in [0.717, 1.165) is 0 Å². The quantitative estimate of drug-likeness (QED) is 0.447. The molecule has 0 bridgehead atoms.